The minimum absolute atomic E-state index is 0.0568. The highest BCUT2D eigenvalue weighted by molar-refractivity contribution is 6.02. The van der Waals surface area contributed by atoms with Crippen LogP contribution in [0.4, 0.5) is 15.9 Å². The van der Waals surface area contributed by atoms with Crippen LogP contribution >= 0.6 is 0 Å². The Balaban J connectivity index is 2.10. The fraction of sp³-hybridized carbons (Fsp3) is 0.214. The summed E-state index contributed by atoms with van der Waals surface area (Å²) in [7, 11) is 1.36. The third-order valence-electron chi connectivity index (χ3n) is 2.66. The minimum atomic E-state index is -0.495. The van der Waals surface area contributed by atoms with Crippen LogP contribution in [0.5, 0.6) is 5.75 Å². The first-order valence-electron chi connectivity index (χ1n) is 6.36. The third-order valence-corrected chi connectivity index (χ3v) is 2.66. The molecule has 0 aliphatic rings. The van der Waals surface area contributed by atoms with Crippen molar-refractivity contribution in [2.45, 2.75) is 6.92 Å². The van der Waals surface area contributed by atoms with E-state index < -0.39 is 11.7 Å². The van der Waals surface area contributed by atoms with Crippen LogP contribution < -0.4 is 15.4 Å². The molecule has 2 aromatic rings. The highest BCUT2D eigenvalue weighted by Crippen LogP contribution is 2.21. The van der Waals surface area contributed by atoms with Gasteiger partial charge in [-0.15, -0.1) is 10.2 Å². The van der Waals surface area contributed by atoms with E-state index in [1.165, 1.54) is 25.3 Å². The van der Waals surface area contributed by atoms with Crippen molar-refractivity contribution in [2.75, 3.05) is 24.3 Å². The fourth-order valence-corrected chi connectivity index (χ4v) is 1.66. The van der Waals surface area contributed by atoms with Gasteiger partial charge in [0.15, 0.2) is 17.3 Å². The number of nitrogens with one attached hydrogen (secondary N) is 2. The molecule has 0 radical (unpaired) electrons. The number of methoxy groups -OCH3 is 1. The van der Waals surface area contributed by atoms with Crippen molar-refractivity contribution < 1.29 is 13.9 Å². The third kappa shape index (κ3) is 3.65. The smallest absolute Gasteiger partial charge is 0.276 e. The van der Waals surface area contributed by atoms with Gasteiger partial charge in [0.1, 0.15) is 5.82 Å². The Morgan fingerprint density at radius 3 is 2.71 bits per heavy atom. The van der Waals surface area contributed by atoms with Gasteiger partial charge in [-0.25, -0.2) is 4.39 Å². The van der Waals surface area contributed by atoms with Crippen LogP contribution in [-0.2, 0) is 0 Å². The molecule has 0 spiro atoms. The maximum atomic E-state index is 13.3. The highest BCUT2D eigenvalue weighted by atomic mass is 19.1. The Morgan fingerprint density at radius 2 is 2.10 bits per heavy atom. The second-order valence-corrected chi connectivity index (χ2v) is 4.14. The van der Waals surface area contributed by atoms with Crippen molar-refractivity contribution in [3.63, 3.8) is 0 Å². The topological polar surface area (TPSA) is 76.1 Å². The van der Waals surface area contributed by atoms with Crippen molar-refractivity contribution in [3.05, 3.63) is 41.8 Å². The van der Waals surface area contributed by atoms with Crippen LogP contribution in [0.15, 0.2) is 30.3 Å². The zero-order valence-electron chi connectivity index (χ0n) is 11.7. The number of carbonyl (C=O) groups is 1. The molecule has 1 aromatic heterocycles. The summed E-state index contributed by atoms with van der Waals surface area (Å²) >= 11 is 0. The van der Waals surface area contributed by atoms with Gasteiger partial charge in [0.2, 0.25) is 0 Å². The second-order valence-electron chi connectivity index (χ2n) is 4.14. The summed E-state index contributed by atoms with van der Waals surface area (Å²) in [4.78, 5) is 12.0. The molecular formula is C14H15FN4O2. The molecule has 6 nitrogen and oxygen atoms in total. The van der Waals surface area contributed by atoms with Gasteiger partial charge in [-0.1, -0.05) is 0 Å². The van der Waals surface area contributed by atoms with Crippen LogP contribution in [0.2, 0.25) is 0 Å². The number of ether oxygens (including phenoxy) is 1. The van der Waals surface area contributed by atoms with Crippen molar-refractivity contribution in [3.8, 4) is 5.75 Å². The lowest BCUT2D eigenvalue weighted by molar-refractivity contribution is 0.102. The number of rotatable bonds is 5. The molecule has 2 rings (SSSR count). The highest BCUT2D eigenvalue weighted by Gasteiger charge is 2.10. The maximum absolute atomic E-state index is 13.3. The van der Waals surface area contributed by atoms with Crippen molar-refractivity contribution >= 4 is 17.4 Å². The normalized spacial score (nSPS) is 10.0. The van der Waals surface area contributed by atoms with Gasteiger partial charge < -0.3 is 15.4 Å². The predicted octanol–water partition coefficient (Wildman–Crippen LogP) is 2.31. The van der Waals surface area contributed by atoms with E-state index in [1.807, 2.05) is 6.92 Å². The largest absolute Gasteiger partial charge is 0.494 e. The van der Waals surface area contributed by atoms with E-state index in [4.69, 9.17) is 4.74 Å². The molecule has 0 saturated heterocycles. The lowest BCUT2D eigenvalue weighted by atomic mass is 10.2. The second kappa shape index (κ2) is 6.65. The summed E-state index contributed by atoms with van der Waals surface area (Å²) < 4.78 is 18.1. The molecule has 0 aliphatic carbocycles. The zero-order chi connectivity index (χ0) is 15.2. The van der Waals surface area contributed by atoms with Gasteiger partial charge in [0.05, 0.1) is 7.11 Å². The Kier molecular flexibility index (Phi) is 4.65. The molecule has 1 aromatic carbocycles. The first-order chi connectivity index (χ1) is 10.1. The lowest BCUT2D eigenvalue weighted by Gasteiger charge is -2.07. The molecule has 0 aliphatic heterocycles. The average Bonchev–Trinajstić information content (AvgIpc) is 2.50. The number of benzene rings is 1. The number of halogens is 1. The monoisotopic (exact) mass is 290 g/mol. The molecule has 0 fully saturated rings. The van der Waals surface area contributed by atoms with E-state index in [-0.39, 0.29) is 11.4 Å². The molecule has 1 heterocycles. The van der Waals surface area contributed by atoms with Crippen LogP contribution in [-0.4, -0.2) is 29.8 Å². The molecule has 1 amide bonds. The Morgan fingerprint density at radius 1 is 1.29 bits per heavy atom. The minimum Gasteiger partial charge on any atom is -0.494 e. The van der Waals surface area contributed by atoms with Crippen LogP contribution in [0.3, 0.4) is 0 Å². The Labute approximate surface area is 121 Å². The van der Waals surface area contributed by atoms with Gasteiger partial charge in [0, 0.05) is 18.3 Å². The lowest BCUT2D eigenvalue weighted by Crippen LogP contribution is -2.15. The van der Waals surface area contributed by atoms with Crippen LogP contribution in [0, 0.1) is 5.82 Å². The van der Waals surface area contributed by atoms with Gasteiger partial charge >= 0.3 is 0 Å². The molecule has 2 N–H and O–H groups in total. The van der Waals surface area contributed by atoms with Gasteiger partial charge in [-0.05, 0) is 31.2 Å². The quantitative estimate of drug-likeness (QED) is 0.883. The standard InChI is InChI=1S/C14H15FN4O2/c1-3-16-13-7-6-11(18-19-13)14(20)17-9-4-5-10(15)12(8-9)21-2/h4-8H,3H2,1-2H3,(H,16,19)(H,17,20). The molecule has 7 heteroatoms. The van der Waals surface area contributed by atoms with Crippen molar-refractivity contribution in [1.29, 1.82) is 0 Å². The van der Waals surface area contributed by atoms with Gasteiger partial charge in [-0.2, -0.15) is 0 Å². The van der Waals surface area contributed by atoms with E-state index in [2.05, 4.69) is 20.8 Å². The number of anilines is 2. The van der Waals surface area contributed by atoms with E-state index in [1.54, 1.807) is 12.1 Å². The van der Waals surface area contributed by atoms with Crippen molar-refractivity contribution in [2.24, 2.45) is 0 Å². The molecule has 0 atom stereocenters. The van der Waals surface area contributed by atoms with E-state index in [0.717, 1.165) is 6.54 Å². The maximum Gasteiger partial charge on any atom is 0.276 e. The van der Waals surface area contributed by atoms with Gasteiger partial charge in [-0.3, -0.25) is 4.79 Å². The van der Waals surface area contributed by atoms with E-state index in [0.29, 0.717) is 11.5 Å². The first kappa shape index (κ1) is 14.7. The summed E-state index contributed by atoms with van der Waals surface area (Å²) in [6.07, 6.45) is 0. The number of hydrogen-bond acceptors (Lipinski definition) is 5. The summed E-state index contributed by atoms with van der Waals surface area (Å²) in [5, 5.41) is 13.3. The number of nitrogens with zero attached hydrogens (tertiary/aromatic N) is 2. The number of carbonyl (C=O) groups excluding carboxylic acids is 1. The molecule has 0 bridgehead atoms. The number of amides is 1. The van der Waals surface area contributed by atoms with Crippen LogP contribution in [0.25, 0.3) is 0 Å². The predicted molar refractivity (Wildman–Crippen MR) is 77.1 cm³/mol. The summed E-state index contributed by atoms with van der Waals surface area (Å²) in [5.74, 6) is -0.275. The molecular weight excluding hydrogens is 275 g/mol. The zero-order valence-corrected chi connectivity index (χ0v) is 11.7. The summed E-state index contributed by atoms with van der Waals surface area (Å²) in [6.45, 7) is 2.65. The molecule has 0 unspecified atom stereocenters. The molecule has 110 valence electrons. The number of hydrogen-bond donors (Lipinski definition) is 2. The van der Waals surface area contributed by atoms with E-state index in [9.17, 15) is 9.18 Å². The Bertz CT molecular complexity index is 631. The van der Waals surface area contributed by atoms with Crippen LogP contribution in [0.1, 0.15) is 17.4 Å². The fourth-order valence-electron chi connectivity index (χ4n) is 1.66. The molecule has 21 heavy (non-hydrogen) atoms. The van der Waals surface area contributed by atoms with Crippen molar-refractivity contribution in [1.82, 2.24) is 10.2 Å². The first-order valence-corrected chi connectivity index (χ1v) is 6.36. The average molecular weight is 290 g/mol. The molecule has 0 saturated carbocycles. The van der Waals surface area contributed by atoms with Gasteiger partial charge in [0.25, 0.3) is 5.91 Å². The Hall–Kier alpha value is -2.70. The summed E-state index contributed by atoms with van der Waals surface area (Å²) in [5.41, 5.74) is 0.579. The van der Waals surface area contributed by atoms with E-state index >= 15 is 0 Å². The SMILES string of the molecule is CCNc1ccc(C(=O)Nc2ccc(F)c(OC)c2)nn1. The summed E-state index contributed by atoms with van der Waals surface area (Å²) in [6, 6.07) is 7.27. The number of aromatic nitrogens is 2.